The lowest BCUT2D eigenvalue weighted by molar-refractivity contribution is -0.238. The molecule has 0 bridgehead atoms. The minimum absolute atomic E-state index is 0.208. The summed E-state index contributed by atoms with van der Waals surface area (Å²) in [5.74, 6) is 0. The molecule has 0 radical (unpaired) electrons. The quantitative estimate of drug-likeness (QED) is 0.322. The van der Waals surface area contributed by atoms with Crippen molar-refractivity contribution in [3.8, 4) is 0 Å². The van der Waals surface area contributed by atoms with E-state index >= 15 is 0 Å². The molecule has 1 heterocycles. The predicted octanol–water partition coefficient (Wildman–Crippen LogP) is 5.89. The number of hydrogen-bond acceptors (Lipinski definition) is 3. The van der Waals surface area contributed by atoms with E-state index in [0.717, 1.165) is 32.1 Å². The molecule has 0 spiro atoms. The van der Waals surface area contributed by atoms with Crippen LogP contribution in [0.15, 0.2) is 30.3 Å². The Hall–Kier alpha value is -0.170. The van der Waals surface area contributed by atoms with Crippen LogP contribution in [0.1, 0.15) is 77.2 Å². The van der Waals surface area contributed by atoms with Gasteiger partial charge < -0.3 is 5.11 Å². The third kappa shape index (κ3) is 7.10. The summed E-state index contributed by atoms with van der Waals surface area (Å²) in [4.78, 5) is 6.38. The lowest BCUT2D eigenvalue weighted by Crippen LogP contribution is -2.51. The summed E-state index contributed by atoms with van der Waals surface area (Å²) in [5.41, 5.74) is 1.21. The van der Waals surface area contributed by atoms with Gasteiger partial charge in [0.2, 0.25) is 0 Å². The van der Waals surface area contributed by atoms with Gasteiger partial charge in [-0.2, -0.15) is 5.06 Å². The minimum atomic E-state index is -0.208. The van der Waals surface area contributed by atoms with Crippen LogP contribution in [-0.4, -0.2) is 32.3 Å². The van der Waals surface area contributed by atoms with Crippen molar-refractivity contribution < 1.29 is 9.94 Å². The van der Waals surface area contributed by atoms with Gasteiger partial charge in [-0.25, -0.2) is 0 Å². The zero-order chi connectivity index (χ0) is 18.8. The van der Waals surface area contributed by atoms with Crippen LogP contribution < -0.4 is 0 Å². The fraction of sp³-hybridized carbons (Fsp3) is 0.727. The van der Waals surface area contributed by atoms with E-state index in [-0.39, 0.29) is 6.10 Å². The van der Waals surface area contributed by atoms with Crippen molar-refractivity contribution in [3.05, 3.63) is 35.9 Å². The molecule has 1 aromatic rings. The van der Waals surface area contributed by atoms with Gasteiger partial charge in [-0.3, -0.25) is 4.84 Å². The Morgan fingerprint density at radius 3 is 2.62 bits per heavy atom. The van der Waals surface area contributed by atoms with E-state index in [1.165, 1.54) is 31.2 Å². The number of benzene rings is 1. The van der Waals surface area contributed by atoms with Crippen molar-refractivity contribution in [2.24, 2.45) is 0 Å². The second-order valence-electron chi connectivity index (χ2n) is 7.61. The zero-order valence-electron chi connectivity index (χ0n) is 16.4. The highest BCUT2D eigenvalue weighted by Crippen LogP contribution is 2.33. The number of rotatable bonds is 11. The highest BCUT2D eigenvalue weighted by molar-refractivity contribution is 14.1. The highest BCUT2D eigenvalue weighted by atomic mass is 127. The molecule has 1 aliphatic rings. The van der Waals surface area contributed by atoms with Crippen LogP contribution in [0, 0.1) is 0 Å². The summed E-state index contributed by atoms with van der Waals surface area (Å²) in [6, 6.07) is 11.2. The van der Waals surface area contributed by atoms with Gasteiger partial charge in [-0.1, -0.05) is 92.5 Å². The van der Waals surface area contributed by atoms with Crippen molar-refractivity contribution in [3.63, 3.8) is 0 Å². The molecule has 1 saturated heterocycles. The average molecular weight is 473 g/mol. The number of unbranched alkanes of at least 4 members (excludes halogenated alkanes) is 1. The first-order valence-electron chi connectivity index (χ1n) is 10.4. The number of hydrogen-bond donors (Lipinski definition) is 1. The Bertz CT molecular complexity index is 484. The van der Waals surface area contributed by atoms with Gasteiger partial charge >= 0.3 is 0 Å². The van der Waals surface area contributed by atoms with E-state index in [2.05, 4.69) is 65.8 Å². The highest BCUT2D eigenvalue weighted by Gasteiger charge is 2.36. The van der Waals surface area contributed by atoms with Crippen LogP contribution in [0.3, 0.4) is 0 Å². The number of alkyl halides is 1. The number of nitrogens with zero attached hydrogens (tertiary/aromatic N) is 1. The van der Waals surface area contributed by atoms with Gasteiger partial charge in [0.25, 0.3) is 0 Å². The van der Waals surface area contributed by atoms with E-state index in [4.69, 9.17) is 4.84 Å². The predicted molar refractivity (Wildman–Crippen MR) is 117 cm³/mol. The Balaban J connectivity index is 2.04. The van der Waals surface area contributed by atoms with Gasteiger partial charge in [-0.15, -0.1) is 0 Å². The topological polar surface area (TPSA) is 32.7 Å². The van der Waals surface area contributed by atoms with E-state index in [1.54, 1.807) is 0 Å². The van der Waals surface area contributed by atoms with Crippen molar-refractivity contribution in [1.82, 2.24) is 5.06 Å². The van der Waals surface area contributed by atoms with Crippen LogP contribution in [-0.2, 0) is 11.4 Å². The summed E-state index contributed by atoms with van der Waals surface area (Å²) in [6.45, 7) is 5.06. The molecule has 2 rings (SSSR count). The van der Waals surface area contributed by atoms with Gasteiger partial charge in [0.15, 0.2) is 0 Å². The van der Waals surface area contributed by atoms with Gasteiger partial charge in [0.05, 0.1) is 12.7 Å². The molecular weight excluding hydrogens is 437 g/mol. The van der Waals surface area contributed by atoms with Crippen molar-refractivity contribution >= 4 is 22.6 Å². The molecule has 1 aromatic carbocycles. The largest absolute Gasteiger partial charge is 0.393 e. The first-order valence-corrected chi connectivity index (χ1v) is 11.7. The van der Waals surface area contributed by atoms with Crippen LogP contribution in [0.2, 0.25) is 0 Å². The molecule has 1 N–H and O–H groups in total. The normalized spacial score (nSPS) is 23.7. The molecule has 0 unspecified atom stereocenters. The van der Waals surface area contributed by atoms with E-state index in [9.17, 15) is 5.11 Å². The van der Waals surface area contributed by atoms with E-state index in [0.29, 0.717) is 22.6 Å². The zero-order valence-corrected chi connectivity index (χ0v) is 18.6. The minimum Gasteiger partial charge on any atom is -0.393 e. The lowest BCUT2D eigenvalue weighted by atomic mass is 9.90. The number of piperidine rings is 1. The fourth-order valence-electron chi connectivity index (χ4n) is 3.91. The Kier molecular flexibility index (Phi) is 10.5. The van der Waals surface area contributed by atoms with Crippen LogP contribution in [0.4, 0.5) is 0 Å². The number of hydroxylamine groups is 2. The van der Waals surface area contributed by atoms with Gasteiger partial charge in [0.1, 0.15) is 0 Å². The average Bonchev–Trinajstić information content (AvgIpc) is 2.66. The van der Waals surface area contributed by atoms with E-state index in [1.807, 2.05) is 6.07 Å². The Morgan fingerprint density at radius 1 is 1.15 bits per heavy atom. The molecule has 0 amide bonds. The first kappa shape index (κ1) is 22.1. The molecule has 0 aromatic heterocycles. The molecule has 4 heteroatoms. The molecule has 26 heavy (non-hydrogen) atoms. The smallest absolute Gasteiger partial charge is 0.0936 e. The number of aliphatic hydroxyl groups excluding tert-OH is 1. The van der Waals surface area contributed by atoms with Crippen LogP contribution >= 0.6 is 22.6 Å². The molecule has 1 aliphatic heterocycles. The molecule has 148 valence electrons. The standard InChI is InChI=1S/C22H36INO2/c1-3-5-14-20(25)16-19-13-9-15-22(21(23)10-4-2)24(19)26-17-18-11-7-6-8-12-18/h6-8,11-12,19-22,25H,3-5,9-10,13-17H2,1-2H3/t19-,20-,21+,22-/m0/s1. The SMILES string of the molecule is CCCC[C@H](O)C[C@@H]1CCC[C@@H]([C@H](I)CCC)N1OCc1ccccc1. The maximum atomic E-state index is 10.5. The molecular formula is C22H36INO2. The third-order valence-electron chi connectivity index (χ3n) is 5.36. The number of halogens is 1. The maximum Gasteiger partial charge on any atom is 0.0936 e. The second-order valence-corrected chi connectivity index (χ2v) is 9.21. The summed E-state index contributed by atoms with van der Waals surface area (Å²) in [6.07, 6.45) is 9.78. The van der Waals surface area contributed by atoms with Crippen molar-refractivity contribution in [1.29, 1.82) is 0 Å². The molecule has 1 fully saturated rings. The van der Waals surface area contributed by atoms with Crippen molar-refractivity contribution in [2.75, 3.05) is 0 Å². The molecule has 4 atom stereocenters. The maximum absolute atomic E-state index is 10.5. The summed E-state index contributed by atoms with van der Waals surface area (Å²) in [5, 5.41) is 12.8. The van der Waals surface area contributed by atoms with Crippen molar-refractivity contribution in [2.45, 2.75) is 100 Å². The second kappa shape index (κ2) is 12.3. The molecule has 0 saturated carbocycles. The first-order chi connectivity index (χ1) is 12.7. The van der Waals surface area contributed by atoms with Crippen LogP contribution in [0.5, 0.6) is 0 Å². The number of aliphatic hydroxyl groups is 1. The summed E-state index contributed by atoms with van der Waals surface area (Å²) < 4.78 is 0.601. The van der Waals surface area contributed by atoms with Gasteiger partial charge in [0, 0.05) is 16.0 Å². The fourth-order valence-corrected chi connectivity index (χ4v) is 5.21. The molecule has 3 nitrogen and oxygen atoms in total. The van der Waals surface area contributed by atoms with E-state index < -0.39 is 0 Å². The third-order valence-corrected chi connectivity index (χ3v) is 6.82. The summed E-state index contributed by atoms with van der Waals surface area (Å²) >= 11 is 2.61. The Labute approximate surface area is 173 Å². The lowest BCUT2D eigenvalue weighted by Gasteiger charge is -2.43. The summed E-state index contributed by atoms with van der Waals surface area (Å²) in [7, 11) is 0. The molecule has 0 aliphatic carbocycles. The van der Waals surface area contributed by atoms with Crippen LogP contribution in [0.25, 0.3) is 0 Å². The Morgan fingerprint density at radius 2 is 1.92 bits per heavy atom. The monoisotopic (exact) mass is 473 g/mol. The van der Waals surface area contributed by atoms with Gasteiger partial charge in [-0.05, 0) is 37.7 Å².